The third-order valence-corrected chi connectivity index (χ3v) is 5.35. The average Bonchev–Trinajstić information content (AvgIpc) is 3.32. The van der Waals surface area contributed by atoms with Crippen LogP contribution in [-0.4, -0.2) is 44.4 Å². The first kappa shape index (κ1) is 23.8. The largest absolute Gasteiger partial charge is 0.495 e. The van der Waals surface area contributed by atoms with Gasteiger partial charge in [-0.25, -0.2) is 4.98 Å². The number of ether oxygens (including phenoxy) is 4. The van der Waals surface area contributed by atoms with E-state index in [-0.39, 0.29) is 10.7 Å². The van der Waals surface area contributed by atoms with Gasteiger partial charge in [0.1, 0.15) is 11.3 Å². The van der Waals surface area contributed by atoms with Crippen LogP contribution >= 0.6 is 12.2 Å². The van der Waals surface area contributed by atoms with Crippen molar-refractivity contribution in [1.29, 1.82) is 0 Å². The van der Waals surface area contributed by atoms with E-state index in [0.29, 0.717) is 45.7 Å². The van der Waals surface area contributed by atoms with Crippen molar-refractivity contribution in [3.05, 3.63) is 60.2 Å². The molecular weight excluding hydrogens is 470 g/mol. The predicted octanol–water partition coefficient (Wildman–Crippen LogP) is 4.66. The maximum Gasteiger partial charge on any atom is 0.257 e. The van der Waals surface area contributed by atoms with Gasteiger partial charge in [-0.1, -0.05) is 12.1 Å². The van der Waals surface area contributed by atoms with Crippen molar-refractivity contribution in [2.24, 2.45) is 0 Å². The van der Waals surface area contributed by atoms with Crippen molar-refractivity contribution in [2.45, 2.75) is 0 Å². The Bertz CT molecular complexity index is 1340. The number of fused-ring (bicyclic) bond motifs is 1. The molecule has 1 amide bonds. The van der Waals surface area contributed by atoms with E-state index < -0.39 is 5.91 Å². The van der Waals surface area contributed by atoms with Crippen LogP contribution in [0.2, 0.25) is 0 Å². The zero-order chi connectivity index (χ0) is 24.9. The lowest BCUT2D eigenvalue weighted by molar-refractivity contribution is 0.0977. The van der Waals surface area contributed by atoms with Gasteiger partial charge in [0.25, 0.3) is 5.91 Å². The van der Waals surface area contributed by atoms with E-state index >= 15 is 0 Å². The quantitative estimate of drug-likeness (QED) is 0.356. The van der Waals surface area contributed by atoms with Crippen LogP contribution in [0, 0.1) is 0 Å². The number of aromatic nitrogens is 1. The highest BCUT2D eigenvalue weighted by atomic mass is 32.1. The van der Waals surface area contributed by atoms with Crippen molar-refractivity contribution in [3.8, 4) is 34.5 Å². The summed E-state index contributed by atoms with van der Waals surface area (Å²) in [5.74, 6) is 1.59. The Labute approximate surface area is 207 Å². The van der Waals surface area contributed by atoms with Crippen molar-refractivity contribution >= 4 is 40.0 Å². The number of methoxy groups -OCH3 is 4. The summed E-state index contributed by atoms with van der Waals surface area (Å²) in [6, 6.07) is 15.9. The van der Waals surface area contributed by atoms with Gasteiger partial charge in [-0.2, -0.15) is 0 Å². The molecule has 35 heavy (non-hydrogen) atoms. The molecule has 180 valence electrons. The average molecular weight is 494 g/mol. The van der Waals surface area contributed by atoms with E-state index in [0.717, 1.165) is 5.52 Å². The van der Waals surface area contributed by atoms with E-state index in [9.17, 15) is 4.79 Å². The molecule has 0 saturated heterocycles. The second-order valence-corrected chi connectivity index (χ2v) is 7.63. The molecular formula is C25H23N3O6S. The number of carbonyl (C=O) groups is 1. The lowest BCUT2D eigenvalue weighted by Crippen LogP contribution is -2.34. The molecule has 10 heteroatoms. The number of hydrogen-bond donors (Lipinski definition) is 2. The molecule has 1 aromatic heterocycles. The number of anilines is 1. The van der Waals surface area contributed by atoms with E-state index in [4.69, 9.17) is 35.6 Å². The molecule has 0 saturated carbocycles. The molecule has 0 unspecified atom stereocenters. The molecule has 0 spiro atoms. The third-order valence-electron chi connectivity index (χ3n) is 5.14. The Hall–Kier alpha value is -4.31. The van der Waals surface area contributed by atoms with Crippen molar-refractivity contribution in [3.63, 3.8) is 0 Å². The number of thiocarbonyl (C=S) groups is 1. The minimum Gasteiger partial charge on any atom is -0.495 e. The van der Waals surface area contributed by atoms with Gasteiger partial charge < -0.3 is 28.7 Å². The molecule has 2 N–H and O–H groups in total. The first-order chi connectivity index (χ1) is 17.0. The predicted molar refractivity (Wildman–Crippen MR) is 136 cm³/mol. The minimum absolute atomic E-state index is 0.0665. The van der Waals surface area contributed by atoms with Crippen molar-refractivity contribution < 1.29 is 28.2 Å². The SMILES string of the molecule is COc1ccc(-c2nc3ccccc3o2)cc1NC(=S)NC(=O)c1cc(OC)c(OC)c(OC)c1. The number of rotatable bonds is 7. The lowest BCUT2D eigenvalue weighted by Gasteiger charge is -2.15. The van der Waals surface area contributed by atoms with Crippen LogP contribution in [-0.2, 0) is 0 Å². The highest BCUT2D eigenvalue weighted by Crippen LogP contribution is 2.38. The summed E-state index contributed by atoms with van der Waals surface area (Å²) in [6.45, 7) is 0. The second-order valence-electron chi connectivity index (χ2n) is 7.22. The Morgan fingerprint density at radius 1 is 0.886 bits per heavy atom. The summed E-state index contributed by atoms with van der Waals surface area (Å²) < 4.78 is 27.2. The fourth-order valence-electron chi connectivity index (χ4n) is 3.48. The van der Waals surface area contributed by atoms with Crippen LogP contribution in [0.4, 0.5) is 5.69 Å². The summed E-state index contributed by atoms with van der Waals surface area (Å²) in [4.78, 5) is 17.4. The highest BCUT2D eigenvalue weighted by molar-refractivity contribution is 7.80. The molecule has 4 rings (SSSR count). The number of oxazole rings is 1. The topological polar surface area (TPSA) is 104 Å². The van der Waals surface area contributed by atoms with Gasteiger partial charge in [0, 0.05) is 11.1 Å². The summed E-state index contributed by atoms with van der Waals surface area (Å²) >= 11 is 5.38. The smallest absolute Gasteiger partial charge is 0.257 e. The fraction of sp³-hybridized carbons (Fsp3) is 0.160. The normalized spacial score (nSPS) is 10.5. The molecule has 0 radical (unpaired) electrons. The van der Waals surface area contributed by atoms with Gasteiger partial charge in [0.15, 0.2) is 22.2 Å². The summed E-state index contributed by atoms with van der Waals surface area (Å²) in [5, 5.41) is 5.72. The molecule has 0 aliphatic carbocycles. The number of nitrogens with one attached hydrogen (secondary N) is 2. The maximum atomic E-state index is 12.9. The highest BCUT2D eigenvalue weighted by Gasteiger charge is 2.18. The molecule has 0 fully saturated rings. The van der Waals surface area contributed by atoms with Crippen LogP contribution in [0.1, 0.15) is 10.4 Å². The number of nitrogens with zero attached hydrogens (tertiary/aromatic N) is 1. The second kappa shape index (κ2) is 10.3. The van der Waals surface area contributed by atoms with Gasteiger partial charge in [-0.3, -0.25) is 10.1 Å². The molecule has 0 aliphatic rings. The molecule has 0 aliphatic heterocycles. The van der Waals surface area contributed by atoms with Crippen LogP contribution in [0.5, 0.6) is 23.0 Å². The van der Waals surface area contributed by atoms with Crippen molar-refractivity contribution in [2.75, 3.05) is 33.8 Å². The molecule has 9 nitrogen and oxygen atoms in total. The van der Waals surface area contributed by atoms with E-state index in [1.165, 1.54) is 40.6 Å². The Morgan fingerprint density at radius 2 is 1.57 bits per heavy atom. The van der Waals surface area contributed by atoms with Crippen molar-refractivity contribution in [1.82, 2.24) is 10.3 Å². The molecule has 0 atom stereocenters. The standard InChI is InChI=1S/C25H23N3O6S/c1-30-18-10-9-14(24-26-16-7-5-6-8-19(16)34-24)11-17(18)27-25(35)28-23(29)15-12-20(31-2)22(33-4)21(13-15)32-3/h5-13H,1-4H3,(H2,27,28,29,35). The zero-order valence-electron chi connectivity index (χ0n) is 19.5. The number of amides is 1. The maximum absolute atomic E-state index is 12.9. The number of carbonyl (C=O) groups excluding carboxylic acids is 1. The number of para-hydroxylation sites is 2. The van der Waals surface area contributed by atoms with E-state index in [1.54, 1.807) is 12.1 Å². The van der Waals surface area contributed by atoms with Gasteiger partial charge in [0.2, 0.25) is 11.6 Å². The monoisotopic (exact) mass is 493 g/mol. The van der Waals surface area contributed by atoms with Crippen LogP contribution < -0.4 is 29.6 Å². The molecule has 0 bridgehead atoms. The Kier molecular flexibility index (Phi) is 7.02. The minimum atomic E-state index is -0.462. The Morgan fingerprint density at radius 3 is 2.20 bits per heavy atom. The van der Waals surface area contributed by atoms with Gasteiger partial charge in [-0.15, -0.1) is 0 Å². The van der Waals surface area contributed by atoms with Crippen LogP contribution in [0.15, 0.2) is 59.0 Å². The number of hydrogen-bond acceptors (Lipinski definition) is 8. The van der Waals surface area contributed by atoms with E-state index in [1.807, 2.05) is 30.3 Å². The van der Waals surface area contributed by atoms with Gasteiger partial charge in [0.05, 0.1) is 34.1 Å². The summed E-state index contributed by atoms with van der Waals surface area (Å²) in [5.41, 5.74) is 2.95. The first-order valence-electron chi connectivity index (χ1n) is 10.4. The van der Waals surface area contributed by atoms with Crippen LogP contribution in [0.25, 0.3) is 22.6 Å². The van der Waals surface area contributed by atoms with Crippen LogP contribution in [0.3, 0.4) is 0 Å². The number of benzene rings is 3. The third kappa shape index (κ3) is 4.97. The molecule has 3 aromatic carbocycles. The molecule has 1 heterocycles. The van der Waals surface area contributed by atoms with Gasteiger partial charge >= 0.3 is 0 Å². The summed E-state index contributed by atoms with van der Waals surface area (Å²) in [6.07, 6.45) is 0. The van der Waals surface area contributed by atoms with Gasteiger partial charge in [-0.05, 0) is 54.7 Å². The fourth-order valence-corrected chi connectivity index (χ4v) is 3.68. The Balaban J connectivity index is 1.55. The van der Waals surface area contributed by atoms with E-state index in [2.05, 4.69) is 15.6 Å². The summed E-state index contributed by atoms with van der Waals surface area (Å²) in [7, 11) is 5.97. The lowest BCUT2D eigenvalue weighted by atomic mass is 10.1. The molecule has 4 aromatic rings. The zero-order valence-corrected chi connectivity index (χ0v) is 20.3. The first-order valence-corrected chi connectivity index (χ1v) is 10.8.